The van der Waals surface area contributed by atoms with Crippen LogP contribution in [0.4, 0.5) is 0 Å². The highest BCUT2D eigenvalue weighted by atomic mass is 35.7. The second kappa shape index (κ2) is 1.71. The number of halogens is 1. The second-order valence-electron chi connectivity index (χ2n) is 1.86. The van der Waals surface area contributed by atoms with Crippen LogP contribution in [0.15, 0.2) is 0 Å². The lowest BCUT2D eigenvalue weighted by atomic mass is 10.6. The molecule has 1 fully saturated rings. The first-order valence-corrected chi connectivity index (χ1v) is 5.00. The van der Waals surface area contributed by atoms with Crippen LogP contribution in [0.2, 0.25) is 0 Å². The molecule has 1 rings (SSSR count). The molecule has 0 radical (unpaired) electrons. The van der Waals surface area contributed by atoms with Crippen LogP contribution in [0.1, 0.15) is 6.92 Å². The Bertz CT molecular complexity index is 144. The summed E-state index contributed by atoms with van der Waals surface area (Å²) in [7, 11) is 0. The van der Waals surface area contributed by atoms with Crippen molar-refractivity contribution in [2.24, 2.45) is 5.50 Å². The molecule has 0 amide bonds. The maximum atomic E-state index is 10.6. The number of hydrogen-bond acceptors (Lipinski definition) is 2. The molecule has 0 aromatic rings. The van der Waals surface area contributed by atoms with Gasteiger partial charge in [0.2, 0.25) is 0 Å². The molecule has 1 aliphatic heterocycles. The van der Waals surface area contributed by atoms with Gasteiger partial charge < -0.3 is 4.74 Å². The van der Waals surface area contributed by atoms with Gasteiger partial charge >= 0.3 is 0 Å². The third-order valence-electron chi connectivity index (χ3n) is 1.03. The largest absolute Gasteiger partial charge is 0.359 e. The fraction of sp³-hybridized carbons (Fsp3) is 1.00. The van der Waals surface area contributed by atoms with E-state index in [1.807, 2.05) is 0 Å². The smallest absolute Gasteiger partial charge is 0.260 e. The molecule has 0 bridgehead atoms. The van der Waals surface area contributed by atoms with Gasteiger partial charge in [-0.1, -0.05) is 0 Å². The molecule has 1 aliphatic rings. The lowest BCUT2D eigenvalue weighted by molar-refractivity contribution is 0.407. The van der Waals surface area contributed by atoms with E-state index in [0.717, 1.165) is 0 Å². The molecule has 5 heteroatoms. The van der Waals surface area contributed by atoms with Crippen molar-refractivity contribution in [3.63, 3.8) is 0 Å². The molecule has 0 aromatic carbocycles. The van der Waals surface area contributed by atoms with E-state index in [2.05, 4.69) is 0 Å². The van der Waals surface area contributed by atoms with E-state index in [9.17, 15) is 4.57 Å². The zero-order valence-electron chi connectivity index (χ0n) is 4.37. The normalized spacial score (nSPS) is 43.4. The monoisotopic (exact) mass is 155 g/mol. The van der Waals surface area contributed by atoms with Crippen LogP contribution < -0.4 is 5.50 Å². The first kappa shape index (κ1) is 6.56. The number of nitrogens with two attached hydrogens (primary N) is 1. The summed E-state index contributed by atoms with van der Waals surface area (Å²) in [5, 5.41) is 0. The van der Waals surface area contributed by atoms with Gasteiger partial charge in [-0.2, -0.15) is 0 Å². The zero-order chi connectivity index (χ0) is 6.36. The number of hydrogen-bond donors (Lipinski definition) is 1. The Morgan fingerprint density at radius 3 is 2.25 bits per heavy atom. The average Bonchev–Trinajstić information content (AvgIpc) is 2.13. The maximum Gasteiger partial charge on any atom is 0.260 e. The van der Waals surface area contributed by atoms with Gasteiger partial charge in [0, 0.05) is 0 Å². The van der Waals surface area contributed by atoms with Crippen LogP contribution >= 0.6 is 17.9 Å². The van der Waals surface area contributed by atoms with Crippen molar-refractivity contribution in [2.75, 3.05) is 0 Å². The molecule has 0 aromatic heterocycles. The summed E-state index contributed by atoms with van der Waals surface area (Å²) in [5.74, 6) is -0.385. The summed E-state index contributed by atoms with van der Waals surface area (Å²) in [5.41, 5.74) is 5.03. The minimum absolute atomic E-state index is 0.0108. The first-order chi connectivity index (χ1) is 3.52. The molecule has 3 nitrogen and oxygen atoms in total. The number of rotatable bonds is 1. The van der Waals surface area contributed by atoms with E-state index in [4.69, 9.17) is 21.5 Å². The first-order valence-electron chi connectivity index (χ1n) is 2.25. The Morgan fingerprint density at radius 1 is 1.88 bits per heavy atom. The van der Waals surface area contributed by atoms with E-state index in [-0.39, 0.29) is 11.9 Å². The molecule has 48 valence electrons. The van der Waals surface area contributed by atoms with Crippen molar-refractivity contribution in [3.8, 4) is 0 Å². The van der Waals surface area contributed by atoms with Crippen LogP contribution in [0, 0.1) is 0 Å². The molecule has 2 N–H and O–H groups in total. The van der Waals surface area contributed by atoms with Gasteiger partial charge in [-0.25, -0.2) is 0 Å². The van der Waals surface area contributed by atoms with Gasteiger partial charge in [0.15, 0.2) is 5.85 Å². The van der Waals surface area contributed by atoms with Gasteiger partial charge in [-0.05, 0) is 18.2 Å². The Hall–Kier alpha value is 0.440. The summed E-state index contributed by atoms with van der Waals surface area (Å²) in [6.45, 7) is -1.15. The van der Waals surface area contributed by atoms with E-state index >= 15 is 0 Å². The Morgan fingerprint density at radius 2 is 2.25 bits per heavy atom. The molecule has 1 heterocycles. The maximum absolute atomic E-state index is 10.6. The Labute approximate surface area is 52.4 Å². The topological polar surface area (TPSA) is 55.6 Å². The van der Waals surface area contributed by atoms with E-state index in [0.29, 0.717) is 0 Å². The lowest BCUT2D eigenvalue weighted by Crippen LogP contribution is -1.95. The molecule has 0 saturated carbocycles. The number of ether oxygens (including phenoxy) is 1. The van der Waals surface area contributed by atoms with E-state index in [1.165, 1.54) is 0 Å². The van der Waals surface area contributed by atoms with Crippen molar-refractivity contribution in [2.45, 2.75) is 18.9 Å². The van der Waals surface area contributed by atoms with Gasteiger partial charge in [0.1, 0.15) is 0 Å². The molecular weight excluding hydrogens is 148 g/mol. The summed E-state index contributed by atoms with van der Waals surface area (Å²) in [6, 6.07) is 0. The van der Waals surface area contributed by atoms with E-state index < -0.39 is 6.65 Å². The fourth-order valence-electron chi connectivity index (χ4n) is 0.544. The van der Waals surface area contributed by atoms with Crippen molar-refractivity contribution >= 4 is 17.9 Å². The molecule has 0 aliphatic carbocycles. The van der Waals surface area contributed by atoms with Crippen LogP contribution in [-0.2, 0) is 9.30 Å². The molecular formula is C3H7ClNO2P. The van der Waals surface area contributed by atoms with Gasteiger partial charge in [0.25, 0.3) is 6.65 Å². The van der Waals surface area contributed by atoms with Crippen molar-refractivity contribution < 1.29 is 9.30 Å². The summed E-state index contributed by atoms with van der Waals surface area (Å²) in [6.07, 6.45) is -0.0108. The van der Waals surface area contributed by atoms with Crippen molar-refractivity contribution in [3.05, 3.63) is 0 Å². The average molecular weight is 156 g/mol. The van der Waals surface area contributed by atoms with Crippen LogP contribution in [0.3, 0.4) is 0 Å². The summed E-state index contributed by atoms with van der Waals surface area (Å²) in [4.78, 5) is 0. The van der Waals surface area contributed by atoms with Gasteiger partial charge in [0.05, 0.1) is 6.10 Å². The lowest BCUT2D eigenvalue weighted by Gasteiger charge is -1.93. The van der Waals surface area contributed by atoms with Gasteiger partial charge in [-0.3, -0.25) is 10.1 Å². The minimum atomic E-state index is -2.93. The summed E-state index contributed by atoms with van der Waals surface area (Å²) >= 11 is 5.23. The van der Waals surface area contributed by atoms with Crippen LogP contribution in [0.25, 0.3) is 0 Å². The highest BCUT2D eigenvalue weighted by Gasteiger charge is 2.46. The predicted octanol–water partition coefficient (Wildman–Crippen LogP) is 1.12. The van der Waals surface area contributed by atoms with E-state index in [1.54, 1.807) is 6.92 Å². The molecule has 1 saturated heterocycles. The standard InChI is InChI=1S/C3H7ClNO2P/c1-2-3(7-2)8(4,5)6/h2-3H,1H3,(H2,5,6)/t2-,3+,8?/m1/s1. The SMILES string of the molecule is C[C@H]1O[C@H]1P(N)(=O)Cl. The third-order valence-corrected chi connectivity index (χ3v) is 2.84. The molecule has 0 spiro atoms. The third kappa shape index (κ3) is 1.23. The Balaban J connectivity index is 2.52. The quantitative estimate of drug-likeness (QED) is 0.456. The molecule has 3 atom stereocenters. The zero-order valence-corrected chi connectivity index (χ0v) is 6.02. The second-order valence-corrected chi connectivity index (χ2v) is 5.20. The minimum Gasteiger partial charge on any atom is -0.359 e. The molecule has 8 heavy (non-hydrogen) atoms. The van der Waals surface area contributed by atoms with Crippen molar-refractivity contribution in [1.29, 1.82) is 0 Å². The van der Waals surface area contributed by atoms with Gasteiger partial charge in [-0.15, -0.1) is 0 Å². The molecule has 1 unspecified atom stereocenters. The number of epoxide rings is 1. The van der Waals surface area contributed by atoms with Crippen LogP contribution in [0.5, 0.6) is 0 Å². The van der Waals surface area contributed by atoms with Crippen molar-refractivity contribution in [1.82, 2.24) is 0 Å². The highest BCUT2D eigenvalue weighted by molar-refractivity contribution is 7.87. The fourth-order valence-corrected chi connectivity index (χ4v) is 2.09. The Kier molecular flexibility index (Phi) is 1.40. The van der Waals surface area contributed by atoms with Crippen LogP contribution in [-0.4, -0.2) is 11.9 Å². The highest BCUT2D eigenvalue weighted by Crippen LogP contribution is 2.57. The predicted molar refractivity (Wildman–Crippen MR) is 32.0 cm³/mol. The summed E-state index contributed by atoms with van der Waals surface area (Å²) < 4.78 is 15.4.